The van der Waals surface area contributed by atoms with Crippen LogP contribution in [0.4, 0.5) is 0 Å². The van der Waals surface area contributed by atoms with Crippen LogP contribution >= 0.6 is 11.8 Å². The van der Waals surface area contributed by atoms with Crippen LogP contribution in [0.1, 0.15) is 27.2 Å². The molecule has 1 fully saturated rings. The lowest BCUT2D eigenvalue weighted by Gasteiger charge is -2.58. The smallest absolute Gasteiger partial charge is 0.200 e. The lowest BCUT2D eigenvalue weighted by atomic mass is 9.46. The van der Waals surface area contributed by atoms with Crippen LogP contribution in [0, 0.1) is 23.2 Å². The Morgan fingerprint density at radius 3 is 2.53 bits per heavy atom. The van der Waals surface area contributed by atoms with E-state index in [1.807, 2.05) is 30.3 Å². The van der Waals surface area contributed by atoms with Crippen LogP contribution in [0.5, 0.6) is 0 Å². The summed E-state index contributed by atoms with van der Waals surface area (Å²) >= 11 is 1.40. The molecule has 0 aliphatic heterocycles. The lowest BCUT2D eigenvalue weighted by molar-refractivity contribution is -0.122. The van der Waals surface area contributed by atoms with Crippen molar-refractivity contribution in [1.82, 2.24) is 0 Å². The zero-order valence-corrected chi connectivity index (χ0v) is 12.5. The highest BCUT2D eigenvalue weighted by Gasteiger charge is 2.55. The van der Waals surface area contributed by atoms with Crippen molar-refractivity contribution in [2.45, 2.75) is 32.1 Å². The molecular weight excluding hydrogens is 252 g/mol. The largest absolute Gasteiger partial charge is 0.286 e. The number of carbonyl (C=O) groups is 1. The lowest BCUT2D eigenvalue weighted by Crippen LogP contribution is -2.53. The van der Waals surface area contributed by atoms with Gasteiger partial charge in [-0.1, -0.05) is 55.5 Å². The molecule has 100 valence electrons. The maximum Gasteiger partial charge on any atom is 0.200 e. The van der Waals surface area contributed by atoms with Crippen molar-refractivity contribution in [3.8, 4) is 0 Å². The highest BCUT2D eigenvalue weighted by molar-refractivity contribution is 8.13. The fraction of sp³-hybridized carbons (Fsp3) is 0.471. The number of carbonyl (C=O) groups excluding carboxylic acids is 1. The van der Waals surface area contributed by atoms with E-state index in [2.05, 4.69) is 26.8 Å². The molecule has 0 saturated heterocycles. The summed E-state index contributed by atoms with van der Waals surface area (Å²) in [6.07, 6.45) is 3.42. The maximum atomic E-state index is 12.6. The minimum Gasteiger partial charge on any atom is -0.286 e. The fourth-order valence-electron chi connectivity index (χ4n) is 3.76. The van der Waals surface area contributed by atoms with Gasteiger partial charge in [0.15, 0.2) is 0 Å². The first kappa shape index (κ1) is 13.0. The second-order valence-corrected chi connectivity index (χ2v) is 7.46. The standard InChI is InChI=1S/C17H20OS/c1-11-9-13(15-10-14(11)17(15,2)3)16(18)19-12-7-5-4-6-8-12/h4-9,13-15H,10H2,1-3H3/t13?,14-,15+/m0/s1. The second kappa shape index (κ2) is 4.52. The monoisotopic (exact) mass is 272 g/mol. The molecule has 4 rings (SSSR count). The van der Waals surface area contributed by atoms with Crippen LogP contribution in [-0.2, 0) is 4.79 Å². The van der Waals surface area contributed by atoms with E-state index in [0.29, 0.717) is 22.4 Å². The van der Waals surface area contributed by atoms with Crippen molar-refractivity contribution >= 4 is 16.9 Å². The maximum absolute atomic E-state index is 12.6. The highest BCUT2D eigenvalue weighted by Crippen LogP contribution is 2.61. The van der Waals surface area contributed by atoms with E-state index in [4.69, 9.17) is 0 Å². The zero-order valence-electron chi connectivity index (χ0n) is 11.7. The summed E-state index contributed by atoms with van der Waals surface area (Å²) in [6, 6.07) is 9.98. The molecule has 1 saturated carbocycles. The number of hydrogen-bond donors (Lipinski definition) is 0. The molecule has 1 aromatic carbocycles. The van der Waals surface area contributed by atoms with Gasteiger partial charge in [-0.3, -0.25) is 4.79 Å². The van der Waals surface area contributed by atoms with Crippen LogP contribution in [0.15, 0.2) is 46.9 Å². The summed E-state index contributed by atoms with van der Waals surface area (Å²) in [7, 11) is 0. The van der Waals surface area contributed by atoms with Crippen molar-refractivity contribution in [3.05, 3.63) is 42.0 Å². The number of thioether (sulfide) groups is 1. The second-order valence-electron chi connectivity index (χ2n) is 6.39. The van der Waals surface area contributed by atoms with Crippen molar-refractivity contribution in [1.29, 1.82) is 0 Å². The number of benzene rings is 1. The van der Waals surface area contributed by atoms with E-state index in [9.17, 15) is 4.79 Å². The van der Waals surface area contributed by atoms with E-state index in [-0.39, 0.29) is 5.92 Å². The summed E-state index contributed by atoms with van der Waals surface area (Å²) in [5, 5.41) is 0.307. The van der Waals surface area contributed by atoms with Crippen molar-refractivity contribution in [3.63, 3.8) is 0 Å². The SMILES string of the molecule is CC1=CC(C(=O)Sc2ccccc2)[C@H]2C[C@@H]1C2(C)C. The minimum absolute atomic E-state index is 0.102. The molecule has 2 heteroatoms. The van der Waals surface area contributed by atoms with Gasteiger partial charge >= 0.3 is 0 Å². The predicted octanol–water partition coefficient (Wildman–Crippen LogP) is 4.54. The van der Waals surface area contributed by atoms with Gasteiger partial charge in [0.25, 0.3) is 0 Å². The van der Waals surface area contributed by atoms with Crippen LogP contribution in [0.3, 0.4) is 0 Å². The van der Waals surface area contributed by atoms with Gasteiger partial charge in [0.1, 0.15) is 0 Å². The van der Waals surface area contributed by atoms with Crippen LogP contribution in [0.2, 0.25) is 0 Å². The van der Waals surface area contributed by atoms with Gasteiger partial charge < -0.3 is 0 Å². The molecule has 2 bridgehead atoms. The Kier molecular flexibility index (Phi) is 3.09. The third kappa shape index (κ3) is 2.06. The Morgan fingerprint density at radius 1 is 1.26 bits per heavy atom. The predicted molar refractivity (Wildman–Crippen MR) is 79.9 cm³/mol. The van der Waals surface area contributed by atoms with E-state index < -0.39 is 0 Å². The number of allylic oxidation sites excluding steroid dienone is 2. The molecule has 0 N–H and O–H groups in total. The summed E-state index contributed by atoms with van der Waals surface area (Å²) in [5.41, 5.74) is 1.72. The molecule has 1 unspecified atom stereocenters. The third-order valence-corrected chi connectivity index (χ3v) is 5.98. The molecule has 1 nitrogen and oxygen atoms in total. The van der Waals surface area contributed by atoms with Gasteiger partial charge in [-0.25, -0.2) is 0 Å². The molecule has 0 heterocycles. The quantitative estimate of drug-likeness (QED) is 0.580. The van der Waals surface area contributed by atoms with Crippen molar-refractivity contribution in [2.24, 2.45) is 23.2 Å². The van der Waals surface area contributed by atoms with Gasteiger partial charge in [0.2, 0.25) is 5.12 Å². The minimum atomic E-state index is 0.102. The first-order valence-corrected chi connectivity index (χ1v) is 7.77. The molecule has 1 aromatic rings. The number of fused-ring (bicyclic) bond motifs is 1. The fourth-order valence-corrected chi connectivity index (χ4v) is 4.66. The molecular formula is C17H20OS. The molecule has 0 aromatic heterocycles. The molecule has 3 aliphatic carbocycles. The average Bonchev–Trinajstić information content (AvgIpc) is 2.38. The average molecular weight is 272 g/mol. The first-order chi connectivity index (χ1) is 9.00. The van der Waals surface area contributed by atoms with Gasteiger partial charge in [-0.05, 0) is 42.7 Å². The Balaban J connectivity index is 1.80. The van der Waals surface area contributed by atoms with Gasteiger partial charge in [-0.15, -0.1) is 0 Å². The van der Waals surface area contributed by atoms with Crippen molar-refractivity contribution < 1.29 is 4.79 Å². The van der Waals surface area contributed by atoms with Gasteiger partial charge in [0.05, 0.1) is 5.92 Å². The zero-order chi connectivity index (χ0) is 13.6. The first-order valence-electron chi connectivity index (χ1n) is 6.95. The van der Waals surface area contributed by atoms with Gasteiger partial charge in [-0.2, -0.15) is 0 Å². The summed E-state index contributed by atoms with van der Waals surface area (Å²) in [4.78, 5) is 13.6. The molecule has 0 amide bonds. The Labute approximate surface area is 119 Å². The Morgan fingerprint density at radius 2 is 1.95 bits per heavy atom. The normalized spacial score (nSPS) is 31.3. The highest BCUT2D eigenvalue weighted by atomic mass is 32.2. The molecule has 3 aliphatic rings. The summed E-state index contributed by atoms with van der Waals surface area (Å²) in [6.45, 7) is 6.82. The molecule has 0 radical (unpaired) electrons. The van der Waals surface area contributed by atoms with E-state index >= 15 is 0 Å². The van der Waals surface area contributed by atoms with Crippen LogP contribution < -0.4 is 0 Å². The number of rotatable bonds is 2. The van der Waals surface area contributed by atoms with Gasteiger partial charge in [0, 0.05) is 4.90 Å². The third-order valence-electron chi connectivity index (χ3n) is 5.00. The van der Waals surface area contributed by atoms with E-state index in [1.54, 1.807) is 0 Å². The topological polar surface area (TPSA) is 17.1 Å². The number of hydrogen-bond acceptors (Lipinski definition) is 2. The Bertz CT molecular complexity index is 529. The molecule has 3 atom stereocenters. The summed E-state index contributed by atoms with van der Waals surface area (Å²) in [5.74, 6) is 1.33. The Hall–Kier alpha value is -1.02. The van der Waals surface area contributed by atoms with E-state index in [1.165, 1.54) is 23.8 Å². The van der Waals surface area contributed by atoms with Crippen molar-refractivity contribution in [2.75, 3.05) is 0 Å². The molecule has 19 heavy (non-hydrogen) atoms. The van der Waals surface area contributed by atoms with Crippen LogP contribution in [0.25, 0.3) is 0 Å². The van der Waals surface area contributed by atoms with E-state index in [0.717, 1.165) is 4.90 Å². The van der Waals surface area contributed by atoms with Crippen LogP contribution in [-0.4, -0.2) is 5.12 Å². The summed E-state index contributed by atoms with van der Waals surface area (Å²) < 4.78 is 0. The molecule has 0 spiro atoms.